The van der Waals surface area contributed by atoms with Crippen LogP contribution in [-0.2, 0) is 7.05 Å². The summed E-state index contributed by atoms with van der Waals surface area (Å²) in [6.45, 7) is 0. The highest BCUT2D eigenvalue weighted by atomic mass is 79.9. The van der Waals surface area contributed by atoms with Crippen molar-refractivity contribution in [1.82, 2.24) is 4.57 Å². The zero-order valence-electron chi connectivity index (χ0n) is 8.00. The molecule has 2 aromatic rings. The average Bonchev–Trinajstić information content (AvgIpc) is 2.57. The van der Waals surface area contributed by atoms with Gasteiger partial charge in [-0.3, -0.25) is 0 Å². The Morgan fingerprint density at radius 3 is 2.67 bits per heavy atom. The van der Waals surface area contributed by atoms with E-state index >= 15 is 0 Å². The number of halogens is 2. The van der Waals surface area contributed by atoms with Crippen LogP contribution >= 0.6 is 31.9 Å². The Hall–Kier alpha value is -0.740. The predicted octanol–water partition coefficient (Wildman–Crippen LogP) is 4.14. The molecule has 0 amide bonds. The number of aryl methyl sites for hydroxylation is 1. The zero-order valence-corrected chi connectivity index (χ0v) is 11.2. The van der Waals surface area contributed by atoms with Gasteiger partial charge in [0.1, 0.15) is 5.75 Å². The molecule has 0 atom stereocenters. The summed E-state index contributed by atoms with van der Waals surface area (Å²) in [6.07, 6.45) is 2.99. The summed E-state index contributed by atoms with van der Waals surface area (Å²) in [6, 6.07) is 9.48. The van der Waals surface area contributed by atoms with E-state index in [9.17, 15) is 0 Å². The smallest absolute Gasteiger partial charge is 0.200 e. The van der Waals surface area contributed by atoms with Crippen LogP contribution in [-0.4, -0.2) is 4.57 Å². The topological polar surface area (TPSA) is 14.2 Å². The van der Waals surface area contributed by atoms with Crippen molar-refractivity contribution in [2.75, 3.05) is 0 Å². The highest BCUT2D eigenvalue weighted by Crippen LogP contribution is 2.31. The molecular weight excluding hydrogens is 322 g/mol. The van der Waals surface area contributed by atoms with Gasteiger partial charge in [0, 0.05) is 17.6 Å². The first kappa shape index (κ1) is 10.8. The third kappa shape index (κ3) is 2.44. The summed E-state index contributed by atoms with van der Waals surface area (Å²) in [4.78, 5) is 0. The molecule has 0 saturated carbocycles. The van der Waals surface area contributed by atoms with E-state index < -0.39 is 0 Å². The molecule has 0 saturated heterocycles. The van der Waals surface area contributed by atoms with Crippen molar-refractivity contribution in [3.63, 3.8) is 0 Å². The lowest BCUT2D eigenvalue weighted by Crippen LogP contribution is -1.92. The molecule has 4 heteroatoms. The largest absolute Gasteiger partial charge is 0.440 e. The maximum atomic E-state index is 5.70. The number of nitrogens with zero attached hydrogens (tertiary/aromatic N) is 1. The summed E-state index contributed by atoms with van der Waals surface area (Å²) in [7, 11) is 1.89. The van der Waals surface area contributed by atoms with Crippen molar-refractivity contribution >= 4 is 31.9 Å². The van der Waals surface area contributed by atoms with Crippen LogP contribution in [0.2, 0.25) is 0 Å². The minimum absolute atomic E-state index is 0.762. The molecule has 15 heavy (non-hydrogen) atoms. The first-order chi connectivity index (χ1) is 7.16. The molecule has 0 bridgehead atoms. The molecule has 1 aromatic carbocycles. The van der Waals surface area contributed by atoms with Crippen LogP contribution in [0.1, 0.15) is 0 Å². The van der Waals surface area contributed by atoms with Crippen LogP contribution in [0.4, 0.5) is 0 Å². The lowest BCUT2D eigenvalue weighted by Gasteiger charge is -2.08. The maximum absolute atomic E-state index is 5.70. The fraction of sp³-hybridized carbons (Fsp3) is 0.0909. The third-order valence-electron chi connectivity index (χ3n) is 1.93. The number of aromatic nitrogens is 1. The van der Waals surface area contributed by atoms with Gasteiger partial charge in [-0.1, -0.05) is 15.9 Å². The van der Waals surface area contributed by atoms with Crippen molar-refractivity contribution in [3.05, 3.63) is 45.5 Å². The number of ether oxygens (including phenoxy) is 1. The molecule has 0 fully saturated rings. The minimum atomic E-state index is 0.762. The lowest BCUT2D eigenvalue weighted by molar-refractivity contribution is 0.440. The first-order valence-corrected chi connectivity index (χ1v) is 5.92. The van der Waals surface area contributed by atoms with E-state index in [-0.39, 0.29) is 0 Å². The molecule has 2 rings (SSSR count). The first-order valence-electron chi connectivity index (χ1n) is 4.33. The highest BCUT2D eigenvalue weighted by Gasteiger charge is 2.05. The van der Waals surface area contributed by atoms with Gasteiger partial charge in [-0.05, 0) is 40.2 Å². The number of benzene rings is 1. The number of rotatable bonds is 2. The third-order valence-corrected chi connectivity index (χ3v) is 3.05. The SMILES string of the molecule is Cn1[c]ccc1Oc1ccc(Br)cc1Br. The highest BCUT2D eigenvalue weighted by molar-refractivity contribution is 9.11. The Morgan fingerprint density at radius 2 is 2.07 bits per heavy atom. The average molecular weight is 330 g/mol. The van der Waals surface area contributed by atoms with Crippen molar-refractivity contribution in [1.29, 1.82) is 0 Å². The van der Waals surface area contributed by atoms with E-state index in [2.05, 4.69) is 38.1 Å². The molecule has 2 nitrogen and oxygen atoms in total. The second-order valence-corrected chi connectivity index (χ2v) is 4.81. The van der Waals surface area contributed by atoms with E-state index in [1.807, 2.05) is 37.4 Å². The fourth-order valence-corrected chi connectivity index (χ4v) is 2.30. The van der Waals surface area contributed by atoms with Gasteiger partial charge in [-0.25, -0.2) is 0 Å². The molecule has 0 unspecified atom stereocenters. The number of hydrogen-bond donors (Lipinski definition) is 0. The molecule has 0 aliphatic carbocycles. The van der Waals surface area contributed by atoms with Crippen LogP contribution < -0.4 is 4.74 Å². The molecule has 0 spiro atoms. The van der Waals surface area contributed by atoms with Crippen molar-refractivity contribution in [2.45, 2.75) is 0 Å². The summed E-state index contributed by atoms with van der Waals surface area (Å²) in [5.74, 6) is 1.55. The summed E-state index contributed by atoms with van der Waals surface area (Å²) >= 11 is 6.83. The molecule has 1 heterocycles. The standard InChI is InChI=1S/C11H8Br2NO/c1-14-6-2-3-11(14)15-10-5-4-8(12)7-9(10)13/h2-5,7H,1H3. The van der Waals surface area contributed by atoms with Crippen LogP contribution in [0, 0.1) is 6.20 Å². The van der Waals surface area contributed by atoms with Gasteiger partial charge >= 0.3 is 0 Å². The molecule has 1 radical (unpaired) electrons. The second kappa shape index (κ2) is 4.41. The molecular formula is C11H8Br2NO. The summed E-state index contributed by atoms with van der Waals surface area (Å²) in [5.41, 5.74) is 0. The second-order valence-electron chi connectivity index (χ2n) is 3.04. The number of hydrogen-bond acceptors (Lipinski definition) is 1. The van der Waals surface area contributed by atoms with Gasteiger partial charge in [-0.15, -0.1) is 0 Å². The normalized spacial score (nSPS) is 10.3. The molecule has 77 valence electrons. The van der Waals surface area contributed by atoms with E-state index in [1.165, 1.54) is 0 Å². The quantitative estimate of drug-likeness (QED) is 0.807. The van der Waals surface area contributed by atoms with Crippen molar-refractivity contribution < 1.29 is 4.74 Å². The summed E-state index contributed by atoms with van der Waals surface area (Å²) < 4.78 is 9.43. The van der Waals surface area contributed by atoms with E-state index in [0.717, 1.165) is 20.6 Å². The van der Waals surface area contributed by atoms with Crippen molar-refractivity contribution in [2.24, 2.45) is 7.05 Å². The fourth-order valence-electron chi connectivity index (χ4n) is 1.17. The van der Waals surface area contributed by atoms with E-state index in [0.29, 0.717) is 0 Å². The summed E-state index contributed by atoms with van der Waals surface area (Å²) in [5, 5.41) is 0. The Morgan fingerprint density at radius 1 is 1.27 bits per heavy atom. The predicted molar refractivity (Wildman–Crippen MR) is 66.2 cm³/mol. The van der Waals surface area contributed by atoms with Crippen LogP contribution in [0.5, 0.6) is 11.6 Å². The van der Waals surface area contributed by atoms with E-state index in [4.69, 9.17) is 4.74 Å². The van der Waals surface area contributed by atoms with Gasteiger partial charge in [-0.2, -0.15) is 0 Å². The van der Waals surface area contributed by atoms with E-state index in [1.54, 1.807) is 4.57 Å². The van der Waals surface area contributed by atoms with Gasteiger partial charge in [0.15, 0.2) is 5.88 Å². The van der Waals surface area contributed by atoms with Crippen LogP contribution in [0.3, 0.4) is 0 Å². The Balaban J connectivity index is 2.29. The van der Waals surface area contributed by atoms with Gasteiger partial charge in [0.2, 0.25) is 0 Å². The molecule has 0 aliphatic rings. The van der Waals surface area contributed by atoms with Crippen LogP contribution in [0.25, 0.3) is 0 Å². The Labute approximate surface area is 105 Å². The minimum Gasteiger partial charge on any atom is -0.440 e. The zero-order chi connectivity index (χ0) is 10.8. The van der Waals surface area contributed by atoms with Crippen LogP contribution in [0.15, 0.2) is 39.3 Å². The molecule has 0 aliphatic heterocycles. The van der Waals surface area contributed by atoms with Crippen molar-refractivity contribution in [3.8, 4) is 11.6 Å². The maximum Gasteiger partial charge on any atom is 0.200 e. The molecule has 0 N–H and O–H groups in total. The lowest BCUT2D eigenvalue weighted by atomic mass is 10.3. The molecule has 1 aromatic heterocycles. The Bertz CT molecular complexity index is 479. The Kier molecular flexibility index (Phi) is 3.17. The van der Waals surface area contributed by atoms with Gasteiger partial charge in [0.05, 0.1) is 10.7 Å². The van der Waals surface area contributed by atoms with Gasteiger partial charge < -0.3 is 9.30 Å². The van der Waals surface area contributed by atoms with Gasteiger partial charge in [0.25, 0.3) is 0 Å². The monoisotopic (exact) mass is 328 g/mol.